The minimum Gasteiger partial charge on any atom is -0.355 e. The Labute approximate surface area is 186 Å². The Balaban J connectivity index is 1.49. The molecule has 2 heterocycles. The molecule has 162 valence electrons. The minimum atomic E-state index is -0.186. The summed E-state index contributed by atoms with van der Waals surface area (Å²) in [5.74, 6) is 0.498. The number of hydrogen-bond acceptors (Lipinski definition) is 4. The summed E-state index contributed by atoms with van der Waals surface area (Å²) < 4.78 is 9.03. The Hall–Kier alpha value is -3.67. The average Bonchev–Trinajstić information content (AvgIpc) is 3.34. The first kappa shape index (κ1) is 20.2. The molecule has 0 radical (unpaired) electrons. The second kappa shape index (κ2) is 7.79. The standard InChI is InChI=1S/C26H25N3O3/c1-4-17-10-12-20-18(14-17)11-13-21-24(27-32-25(20)21)23(30)15-22-16(2)28(3)29(26(22)31)19-8-6-5-7-9-19/h5-10,12,14H,4,11,13,15H2,1-3H3. The van der Waals surface area contributed by atoms with Gasteiger partial charge >= 0.3 is 0 Å². The van der Waals surface area contributed by atoms with Gasteiger partial charge in [0.1, 0.15) is 0 Å². The Morgan fingerprint density at radius 2 is 1.91 bits per heavy atom. The third-order valence-corrected chi connectivity index (χ3v) is 6.53. The molecule has 0 bridgehead atoms. The lowest BCUT2D eigenvalue weighted by Gasteiger charge is -2.15. The summed E-state index contributed by atoms with van der Waals surface area (Å²) in [4.78, 5) is 26.4. The van der Waals surface area contributed by atoms with Gasteiger partial charge in [-0.3, -0.25) is 14.3 Å². The number of aryl methyl sites for hydroxylation is 2. The number of carbonyl (C=O) groups is 1. The number of hydrogen-bond donors (Lipinski definition) is 0. The zero-order valence-electron chi connectivity index (χ0n) is 18.5. The van der Waals surface area contributed by atoms with Crippen LogP contribution in [0.5, 0.6) is 0 Å². The van der Waals surface area contributed by atoms with E-state index in [0.29, 0.717) is 23.4 Å². The molecular weight excluding hydrogens is 402 g/mol. The highest BCUT2D eigenvalue weighted by Gasteiger charge is 2.29. The van der Waals surface area contributed by atoms with E-state index in [1.54, 1.807) is 9.36 Å². The zero-order valence-corrected chi connectivity index (χ0v) is 18.5. The molecule has 0 saturated heterocycles. The van der Waals surface area contributed by atoms with Crippen LogP contribution in [0.25, 0.3) is 17.0 Å². The summed E-state index contributed by atoms with van der Waals surface area (Å²) in [7, 11) is 1.83. The molecule has 1 aliphatic carbocycles. The van der Waals surface area contributed by atoms with Crippen LogP contribution in [0.15, 0.2) is 57.8 Å². The maximum atomic E-state index is 13.2. The Bertz CT molecular complexity index is 1390. The van der Waals surface area contributed by atoms with Gasteiger partial charge in [-0.05, 0) is 49.4 Å². The molecule has 32 heavy (non-hydrogen) atoms. The van der Waals surface area contributed by atoms with E-state index < -0.39 is 0 Å². The first-order valence-corrected chi connectivity index (χ1v) is 11.0. The first-order valence-electron chi connectivity index (χ1n) is 11.0. The molecule has 4 aromatic rings. The fraction of sp³-hybridized carbons (Fsp3) is 0.269. The molecule has 0 saturated carbocycles. The Kier molecular flexibility index (Phi) is 4.93. The van der Waals surface area contributed by atoms with Crippen molar-refractivity contribution in [1.82, 2.24) is 14.5 Å². The van der Waals surface area contributed by atoms with Crippen LogP contribution in [-0.4, -0.2) is 20.3 Å². The molecule has 0 aliphatic heterocycles. The summed E-state index contributed by atoms with van der Waals surface area (Å²) >= 11 is 0. The molecule has 2 aromatic carbocycles. The van der Waals surface area contributed by atoms with Crippen molar-refractivity contribution >= 4 is 5.78 Å². The van der Waals surface area contributed by atoms with Crippen molar-refractivity contribution in [2.24, 2.45) is 7.05 Å². The van der Waals surface area contributed by atoms with E-state index in [1.807, 2.05) is 44.3 Å². The maximum absolute atomic E-state index is 13.2. The topological polar surface area (TPSA) is 70.0 Å². The minimum absolute atomic E-state index is 0.00105. The SMILES string of the molecule is CCc1ccc2c(c1)CCc1c(C(=O)Cc3c(C)n(C)n(-c4ccccc4)c3=O)noc1-2. The predicted octanol–water partition coefficient (Wildman–Crippen LogP) is 4.23. The number of para-hydroxylation sites is 1. The lowest BCUT2D eigenvalue weighted by Crippen LogP contribution is -2.22. The third kappa shape index (κ3) is 3.14. The Morgan fingerprint density at radius 3 is 2.66 bits per heavy atom. The number of ketones is 1. The van der Waals surface area contributed by atoms with Crippen LogP contribution in [0.2, 0.25) is 0 Å². The van der Waals surface area contributed by atoms with E-state index in [0.717, 1.165) is 35.3 Å². The summed E-state index contributed by atoms with van der Waals surface area (Å²) in [5.41, 5.74) is 6.57. The van der Waals surface area contributed by atoms with E-state index in [2.05, 4.69) is 30.3 Å². The van der Waals surface area contributed by atoms with Crippen LogP contribution in [0.3, 0.4) is 0 Å². The number of benzene rings is 2. The summed E-state index contributed by atoms with van der Waals surface area (Å²) in [6.45, 7) is 4.00. The van der Waals surface area contributed by atoms with Crippen LogP contribution in [-0.2, 0) is 32.7 Å². The fourth-order valence-corrected chi connectivity index (χ4v) is 4.60. The molecule has 0 unspecified atom stereocenters. The summed E-state index contributed by atoms with van der Waals surface area (Å²) in [5, 5.41) is 4.14. The normalized spacial score (nSPS) is 12.5. The van der Waals surface area contributed by atoms with Crippen molar-refractivity contribution < 1.29 is 9.32 Å². The Morgan fingerprint density at radius 1 is 1.12 bits per heavy atom. The fourth-order valence-electron chi connectivity index (χ4n) is 4.60. The number of carbonyl (C=O) groups excluding carboxylic acids is 1. The van der Waals surface area contributed by atoms with Gasteiger partial charge in [-0.1, -0.05) is 48.5 Å². The smallest absolute Gasteiger partial charge is 0.275 e. The van der Waals surface area contributed by atoms with E-state index in [4.69, 9.17) is 4.52 Å². The molecular formula is C26H25N3O3. The number of nitrogens with zero attached hydrogens (tertiary/aromatic N) is 3. The monoisotopic (exact) mass is 427 g/mol. The van der Waals surface area contributed by atoms with Crippen LogP contribution in [0.1, 0.15) is 45.4 Å². The lowest BCUT2D eigenvalue weighted by atomic mass is 9.87. The number of Topliss-reactive ketones (excluding diaryl/α,β-unsaturated/α-hetero) is 1. The van der Waals surface area contributed by atoms with Gasteiger partial charge < -0.3 is 4.52 Å². The molecule has 0 spiro atoms. The molecule has 2 aromatic heterocycles. The molecule has 0 amide bonds. The molecule has 0 atom stereocenters. The number of aromatic nitrogens is 3. The van der Waals surface area contributed by atoms with Crippen molar-refractivity contribution in [2.75, 3.05) is 0 Å². The third-order valence-electron chi connectivity index (χ3n) is 6.53. The molecule has 6 heteroatoms. The van der Waals surface area contributed by atoms with Crippen LogP contribution in [0, 0.1) is 6.92 Å². The highest BCUT2D eigenvalue weighted by Crippen LogP contribution is 2.36. The van der Waals surface area contributed by atoms with Gasteiger partial charge in [0.15, 0.2) is 17.2 Å². The van der Waals surface area contributed by atoms with Gasteiger partial charge in [0, 0.05) is 35.9 Å². The van der Waals surface area contributed by atoms with Crippen molar-refractivity contribution in [3.05, 3.63) is 92.5 Å². The number of rotatable bonds is 5. The second-order valence-electron chi connectivity index (χ2n) is 8.32. The van der Waals surface area contributed by atoms with Crippen LogP contribution >= 0.6 is 0 Å². The summed E-state index contributed by atoms with van der Waals surface area (Å²) in [6.07, 6.45) is 2.54. The van der Waals surface area contributed by atoms with Crippen molar-refractivity contribution in [3.63, 3.8) is 0 Å². The van der Waals surface area contributed by atoms with E-state index >= 15 is 0 Å². The molecule has 6 nitrogen and oxygen atoms in total. The van der Waals surface area contributed by atoms with Crippen molar-refractivity contribution in [1.29, 1.82) is 0 Å². The highest BCUT2D eigenvalue weighted by molar-refractivity contribution is 5.98. The molecule has 5 rings (SSSR count). The predicted molar refractivity (Wildman–Crippen MR) is 123 cm³/mol. The van der Waals surface area contributed by atoms with Gasteiger partial charge in [-0.15, -0.1) is 0 Å². The first-order chi connectivity index (χ1) is 15.5. The summed E-state index contributed by atoms with van der Waals surface area (Å²) in [6, 6.07) is 15.8. The van der Waals surface area contributed by atoms with Gasteiger partial charge in [0.25, 0.3) is 5.56 Å². The van der Waals surface area contributed by atoms with Crippen molar-refractivity contribution in [3.8, 4) is 17.0 Å². The number of fused-ring (bicyclic) bond motifs is 3. The average molecular weight is 428 g/mol. The quantitative estimate of drug-likeness (QED) is 0.447. The van der Waals surface area contributed by atoms with E-state index in [-0.39, 0.29) is 17.8 Å². The van der Waals surface area contributed by atoms with Gasteiger partial charge in [-0.2, -0.15) is 0 Å². The zero-order chi connectivity index (χ0) is 22.4. The maximum Gasteiger partial charge on any atom is 0.275 e. The largest absolute Gasteiger partial charge is 0.355 e. The van der Waals surface area contributed by atoms with E-state index in [9.17, 15) is 9.59 Å². The van der Waals surface area contributed by atoms with Crippen LogP contribution < -0.4 is 5.56 Å². The van der Waals surface area contributed by atoms with Crippen LogP contribution in [0.4, 0.5) is 0 Å². The molecule has 0 fully saturated rings. The highest BCUT2D eigenvalue weighted by atomic mass is 16.5. The lowest BCUT2D eigenvalue weighted by molar-refractivity contribution is 0.0983. The van der Waals surface area contributed by atoms with E-state index in [1.165, 1.54) is 11.1 Å². The molecule has 1 aliphatic rings. The molecule has 0 N–H and O–H groups in total. The van der Waals surface area contributed by atoms with Gasteiger partial charge in [0.2, 0.25) is 0 Å². The van der Waals surface area contributed by atoms with Crippen molar-refractivity contribution in [2.45, 2.75) is 39.5 Å². The van der Waals surface area contributed by atoms with Gasteiger partial charge in [0.05, 0.1) is 5.69 Å². The second-order valence-corrected chi connectivity index (χ2v) is 8.32. The van der Waals surface area contributed by atoms with Gasteiger partial charge in [-0.25, -0.2) is 4.68 Å².